The second-order valence-electron chi connectivity index (χ2n) is 8.10. The van der Waals surface area contributed by atoms with Gasteiger partial charge in [0.1, 0.15) is 17.5 Å². The highest BCUT2D eigenvalue weighted by Crippen LogP contribution is 2.44. The molecule has 0 bridgehead atoms. The molecule has 0 spiro atoms. The Kier molecular flexibility index (Phi) is 5.19. The Bertz CT molecular complexity index is 1010. The van der Waals surface area contributed by atoms with Crippen LogP contribution >= 0.6 is 0 Å². The second kappa shape index (κ2) is 8.01. The average Bonchev–Trinajstić information content (AvgIpc) is 3.51. The number of aliphatic imine (C=N–C) groups is 1. The lowest BCUT2D eigenvalue weighted by atomic mass is 10.0. The molecule has 1 aromatic carbocycles. The van der Waals surface area contributed by atoms with Gasteiger partial charge in [0.25, 0.3) is 11.8 Å². The fraction of sp³-hybridized carbons (Fsp3) is 0.524. The van der Waals surface area contributed by atoms with Gasteiger partial charge in [-0.1, -0.05) is 18.1 Å². The Hall–Kier alpha value is -2.85. The third-order valence-corrected chi connectivity index (χ3v) is 5.96. The third kappa shape index (κ3) is 3.39. The topological polar surface area (TPSA) is 93.3 Å². The predicted molar refractivity (Wildman–Crippen MR) is 110 cm³/mol. The van der Waals surface area contributed by atoms with E-state index >= 15 is 0 Å². The van der Waals surface area contributed by atoms with Crippen LogP contribution in [0.25, 0.3) is 0 Å². The van der Waals surface area contributed by atoms with Crippen molar-refractivity contribution in [2.45, 2.75) is 43.9 Å². The van der Waals surface area contributed by atoms with Gasteiger partial charge < -0.3 is 23.8 Å². The van der Waals surface area contributed by atoms with Crippen LogP contribution in [0, 0.1) is 5.82 Å². The van der Waals surface area contributed by atoms with Gasteiger partial charge >= 0.3 is 0 Å². The molecule has 1 aromatic heterocycles. The largest absolute Gasteiger partial charge is 0.384 e. The number of carbonyl (C=O) groups excluding carboxylic acids is 1. The molecule has 0 aliphatic carbocycles. The number of para-hydroxylation sites is 1. The molecule has 1 amide bonds. The van der Waals surface area contributed by atoms with Gasteiger partial charge in [0, 0.05) is 19.6 Å². The fourth-order valence-electron chi connectivity index (χ4n) is 4.43. The van der Waals surface area contributed by atoms with E-state index in [9.17, 15) is 9.18 Å². The van der Waals surface area contributed by atoms with Crippen LogP contribution in [0.1, 0.15) is 43.4 Å². The zero-order valence-electron chi connectivity index (χ0n) is 17.4. The summed E-state index contributed by atoms with van der Waals surface area (Å²) < 4.78 is 31.2. The van der Waals surface area contributed by atoms with Gasteiger partial charge in [-0.15, -0.1) is 0 Å². The van der Waals surface area contributed by atoms with E-state index in [1.54, 1.807) is 30.5 Å². The van der Waals surface area contributed by atoms with Gasteiger partial charge in [0.15, 0.2) is 11.9 Å². The lowest BCUT2D eigenvalue weighted by molar-refractivity contribution is -0.120. The van der Waals surface area contributed by atoms with Crippen LogP contribution in [0.15, 0.2) is 27.7 Å². The summed E-state index contributed by atoms with van der Waals surface area (Å²) in [5.74, 6) is -0.0202. The molecule has 2 aromatic rings. The Labute approximate surface area is 178 Å². The summed E-state index contributed by atoms with van der Waals surface area (Å²) in [6.07, 6.45) is 3.21. The number of rotatable bonds is 6. The van der Waals surface area contributed by atoms with E-state index in [0.717, 1.165) is 12.8 Å². The molecular weight excluding hydrogens is 405 g/mol. The second-order valence-corrected chi connectivity index (χ2v) is 8.10. The molecule has 4 unspecified atom stereocenters. The standard InChI is InChI=1S/C21H24FN5O4/c1-12(10-29-2)19-24-20(31-25-19)16-18-21(28)26(9-13-5-4-8-30-13)17-14(22)6-3-7-15(17)27(18)11-23-16/h3,6-7,11-13,16,18H,4-5,8-10H2,1-2H3. The molecule has 9 nitrogen and oxygen atoms in total. The van der Waals surface area contributed by atoms with E-state index < -0.39 is 17.9 Å². The number of anilines is 2. The number of ether oxygens (including phenoxy) is 2. The molecule has 0 radical (unpaired) electrons. The fourth-order valence-corrected chi connectivity index (χ4v) is 4.43. The van der Waals surface area contributed by atoms with E-state index in [1.165, 1.54) is 11.0 Å². The summed E-state index contributed by atoms with van der Waals surface area (Å²) in [5.41, 5.74) is 0.840. The highest BCUT2D eigenvalue weighted by Gasteiger charge is 2.49. The van der Waals surface area contributed by atoms with Gasteiger partial charge in [0.05, 0.1) is 31.3 Å². The Morgan fingerprint density at radius 1 is 1.39 bits per heavy atom. The number of benzene rings is 1. The van der Waals surface area contributed by atoms with E-state index in [4.69, 9.17) is 14.0 Å². The quantitative estimate of drug-likeness (QED) is 0.696. The van der Waals surface area contributed by atoms with Crippen LogP contribution < -0.4 is 9.80 Å². The van der Waals surface area contributed by atoms with Crippen LogP contribution in [0.5, 0.6) is 0 Å². The minimum Gasteiger partial charge on any atom is -0.384 e. The first-order chi connectivity index (χ1) is 15.1. The number of nitrogens with zero attached hydrogens (tertiary/aromatic N) is 5. The van der Waals surface area contributed by atoms with E-state index in [1.807, 2.05) is 6.92 Å². The van der Waals surface area contributed by atoms with Crippen molar-refractivity contribution in [2.75, 3.05) is 36.7 Å². The third-order valence-electron chi connectivity index (χ3n) is 5.96. The van der Waals surface area contributed by atoms with Crippen molar-refractivity contribution < 1.29 is 23.2 Å². The molecule has 0 saturated carbocycles. The van der Waals surface area contributed by atoms with Gasteiger partial charge in [-0.25, -0.2) is 4.39 Å². The monoisotopic (exact) mass is 429 g/mol. The molecule has 1 saturated heterocycles. The highest BCUT2D eigenvalue weighted by molar-refractivity contribution is 6.12. The highest BCUT2D eigenvalue weighted by atomic mass is 19.1. The molecule has 31 heavy (non-hydrogen) atoms. The van der Waals surface area contributed by atoms with Gasteiger partial charge in [0.2, 0.25) is 0 Å². The summed E-state index contributed by atoms with van der Waals surface area (Å²) in [6, 6.07) is 3.38. The van der Waals surface area contributed by atoms with Crippen molar-refractivity contribution in [1.82, 2.24) is 10.1 Å². The van der Waals surface area contributed by atoms with Gasteiger partial charge in [-0.3, -0.25) is 9.79 Å². The van der Waals surface area contributed by atoms with Crippen molar-refractivity contribution >= 4 is 23.6 Å². The molecule has 4 atom stereocenters. The SMILES string of the molecule is COCC(C)c1noc(C2N=CN3c4cccc(F)c4N(CC4CCCO4)C(=O)C23)n1. The lowest BCUT2D eigenvalue weighted by Crippen LogP contribution is -2.54. The number of halogens is 1. The molecule has 1 fully saturated rings. The first kappa shape index (κ1) is 20.1. The number of carbonyl (C=O) groups is 1. The van der Waals surface area contributed by atoms with Gasteiger partial charge in [-0.2, -0.15) is 4.98 Å². The molecule has 4 heterocycles. The van der Waals surface area contributed by atoms with Crippen LogP contribution in [0.2, 0.25) is 0 Å². The maximum Gasteiger partial charge on any atom is 0.254 e. The Balaban J connectivity index is 1.49. The zero-order valence-corrected chi connectivity index (χ0v) is 17.4. The van der Waals surface area contributed by atoms with Crippen molar-refractivity contribution in [2.24, 2.45) is 4.99 Å². The normalized spacial score (nSPS) is 25.8. The number of fused-ring (bicyclic) bond motifs is 3. The first-order valence-corrected chi connectivity index (χ1v) is 10.4. The molecule has 5 rings (SSSR count). The molecular formula is C21H24FN5O4. The number of hydrogen-bond acceptors (Lipinski definition) is 8. The smallest absolute Gasteiger partial charge is 0.254 e. The number of aromatic nitrogens is 2. The molecule has 0 N–H and O–H groups in total. The minimum atomic E-state index is -0.721. The minimum absolute atomic E-state index is 0.0584. The molecule has 3 aliphatic rings. The molecule has 10 heteroatoms. The molecule has 164 valence electrons. The maximum atomic E-state index is 14.9. The summed E-state index contributed by atoms with van der Waals surface area (Å²) in [6.45, 7) is 3.33. The van der Waals surface area contributed by atoms with Crippen molar-refractivity contribution in [3.63, 3.8) is 0 Å². The number of amides is 1. The summed E-state index contributed by atoms with van der Waals surface area (Å²) in [7, 11) is 1.61. The number of methoxy groups -OCH3 is 1. The van der Waals surface area contributed by atoms with Crippen LogP contribution in [-0.2, 0) is 14.3 Å². The van der Waals surface area contributed by atoms with E-state index in [-0.39, 0.29) is 29.5 Å². The van der Waals surface area contributed by atoms with Crippen molar-refractivity contribution in [3.8, 4) is 0 Å². The lowest BCUT2D eigenvalue weighted by Gasteiger charge is -2.40. The Morgan fingerprint density at radius 3 is 3.03 bits per heavy atom. The van der Waals surface area contributed by atoms with Crippen molar-refractivity contribution in [3.05, 3.63) is 35.7 Å². The van der Waals surface area contributed by atoms with Crippen LogP contribution in [0.3, 0.4) is 0 Å². The van der Waals surface area contributed by atoms with Crippen LogP contribution in [0.4, 0.5) is 15.8 Å². The van der Waals surface area contributed by atoms with Gasteiger partial charge in [-0.05, 0) is 25.0 Å². The zero-order chi connectivity index (χ0) is 21.5. The molecule has 3 aliphatic heterocycles. The van der Waals surface area contributed by atoms with E-state index in [0.29, 0.717) is 31.3 Å². The predicted octanol–water partition coefficient (Wildman–Crippen LogP) is 2.44. The number of hydrogen-bond donors (Lipinski definition) is 0. The summed E-state index contributed by atoms with van der Waals surface area (Å²) >= 11 is 0. The first-order valence-electron chi connectivity index (χ1n) is 10.4. The van der Waals surface area contributed by atoms with Crippen molar-refractivity contribution in [1.29, 1.82) is 0 Å². The maximum absolute atomic E-state index is 14.9. The summed E-state index contributed by atoms with van der Waals surface area (Å²) in [4.78, 5) is 25.8. The van der Waals surface area contributed by atoms with Crippen LogP contribution in [-0.4, -0.2) is 61.4 Å². The average molecular weight is 429 g/mol. The summed E-state index contributed by atoms with van der Waals surface area (Å²) in [5, 5.41) is 4.04. The Morgan fingerprint density at radius 2 is 2.26 bits per heavy atom. The van der Waals surface area contributed by atoms with E-state index in [2.05, 4.69) is 15.1 Å².